The van der Waals surface area contributed by atoms with Gasteiger partial charge in [0, 0.05) is 37.2 Å². The monoisotopic (exact) mass is 562 g/mol. The molecule has 0 spiro atoms. The fourth-order valence-corrected chi connectivity index (χ4v) is 5.93. The highest BCUT2D eigenvalue weighted by Crippen LogP contribution is 2.30. The number of morpholine rings is 1. The minimum atomic E-state index is -0.912. The van der Waals surface area contributed by atoms with Crippen molar-refractivity contribution in [2.24, 2.45) is 5.73 Å². The summed E-state index contributed by atoms with van der Waals surface area (Å²) in [6.45, 7) is 4.03. The summed E-state index contributed by atoms with van der Waals surface area (Å²) in [6, 6.07) is 6.10. The molecule has 0 unspecified atom stereocenters. The molecule has 2 aliphatic rings. The molecular formula is C26H35ClN6O4S. The van der Waals surface area contributed by atoms with Crippen LogP contribution in [0.4, 0.5) is 5.69 Å². The van der Waals surface area contributed by atoms with Crippen molar-refractivity contribution < 1.29 is 19.1 Å². The van der Waals surface area contributed by atoms with Crippen LogP contribution in [0.5, 0.6) is 0 Å². The molecule has 0 bridgehead atoms. The van der Waals surface area contributed by atoms with Gasteiger partial charge >= 0.3 is 0 Å². The van der Waals surface area contributed by atoms with Gasteiger partial charge in [0.15, 0.2) is 5.69 Å². The van der Waals surface area contributed by atoms with Gasteiger partial charge in [-0.25, -0.2) is 0 Å². The van der Waals surface area contributed by atoms with Gasteiger partial charge in [0.25, 0.3) is 11.8 Å². The fraction of sp³-hybridized carbons (Fsp3) is 0.538. The highest BCUT2D eigenvalue weighted by Gasteiger charge is 2.35. The lowest BCUT2D eigenvalue weighted by Crippen LogP contribution is -2.48. The molecule has 2 heterocycles. The summed E-state index contributed by atoms with van der Waals surface area (Å²) < 4.78 is 9.45. The second-order valence-electron chi connectivity index (χ2n) is 9.74. The van der Waals surface area contributed by atoms with Crippen molar-refractivity contribution >= 4 is 46.5 Å². The van der Waals surface area contributed by atoms with Crippen LogP contribution in [0.25, 0.3) is 0 Å². The summed E-state index contributed by atoms with van der Waals surface area (Å²) in [6.07, 6.45) is 5.74. The Balaban J connectivity index is 1.65. The molecule has 1 atom stereocenters. The van der Waals surface area contributed by atoms with Gasteiger partial charge in [0.1, 0.15) is 10.9 Å². The van der Waals surface area contributed by atoms with Gasteiger partial charge < -0.3 is 26.4 Å². The lowest BCUT2D eigenvalue weighted by atomic mass is 9.94. The number of nitrogens with one attached hydrogen (secondary N) is 1. The number of aromatic nitrogens is 1. The maximum atomic E-state index is 14.0. The van der Waals surface area contributed by atoms with E-state index in [0.29, 0.717) is 36.8 Å². The molecule has 1 aliphatic carbocycles. The molecule has 2 fully saturated rings. The van der Waals surface area contributed by atoms with Crippen molar-refractivity contribution in [1.29, 1.82) is 0 Å². The third-order valence-corrected chi connectivity index (χ3v) is 8.19. The molecule has 1 saturated heterocycles. The number of benzene rings is 1. The van der Waals surface area contributed by atoms with Crippen LogP contribution in [0, 0.1) is 0 Å². The number of hydrogen-bond acceptors (Lipinski definition) is 8. The number of primary amides is 1. The first-order chi connectivity index (χ1) is 18.3. The van der Waals surface area contributed by atoms with Crippen LogP contribution in [0.15, 0.2) is 24.3 Å². The molecule has 4 rings (SSSR count). The molecule has 1 aliphatic heterocycles. The summed E-state index contributed by atoms with van der Waals surface area (Å²) >= 11 is 6.97. The smallest absolute Gasteiger partial charge is 0.270 e. The first-order valence-electron chi connectivity index (χ1n) is 13.1. The molecule has 12 heteroatoms. The Morgan fingerprint density at radius 2 is 1.84 bits per heavy atom. The van der Waals surface area contributed by atoms with Crippen LogP contribution in [-0.2, 0) is 9.53 Å². The van der Waals surface area contributed by atoms with Gasteiger partial charge in [0.2, 0.25) is 5.91 Å². The number of amides is 3. The Kier molecular flexibility index (Phi) is 9.95. The van der Waals surface area contributed by atoms with Crippen LogP contribution >= 0.6 is 23.1 Å². The van der Waals surface area contributed by atoms with E-state index in [0.717, 1.165) is 63.3 Å². The highest BCUT2D eigenvalue weighted by atomic mass is 35.5. The lowest BCUT2D eigenvalue weighted by molar-refractivity contribution is -0.127. The number of halogens is 1. The van der Waals surface area contributed by atoms with Crippen LogP contribution in [0.1, 0.15) is 70.3 Å². The summed E-state index contributed by atoms with van der Waals surface area (Å²) in [5.74, 6) is -1.52. The molecule has 2 aromatic rings. The number of hydrogen-bond donors (Lipinski definition) is 3. The van der Waals surface area contributed by atoms with E-state index in [9.17, 15) is 14.4 Å². The van der Waals surface area contributed by atoms with E-state index in [1.807, 2.05) is 0 Å². The topological polar surface area (TPSA) is 144 Å². The highest BCUT2D eigenvalue weighted by molar-refractivity contribution is 7.09. The first-order valence-corrected chi connectivity index (χ1v) is 14.2. The Bertz CT molecular complexity index is 1120. The third-order valence-electron chi connectivity index (χ3n) is 7.09. The zero-order chi connectivity index (χ0) is 27.1. The van der Waals surface area contributed by atoms with E-state index in [1.54, 1.807) is 24.3 Å². The maximum absolute atomic E-state index is 14.0. The minimum absolute atomic E-state index is 0.0614. The molecule has 3 amide bonds. The van der Waals surface area contributed by atoms with Crippen molar-refractivity contribution in [3.05, 3.63) is 45.4 Å². The maximum Gasteiger partial charge on any atom is 0.270 e. The Morgan fingerprint density at radius 1 is 1.16 bits per heavy atom. The largest absolute Gasteiger partial charge is 0.395 e. The van der Waals surface area contributed by atoms with E-state index in [2.05, 4.69) is 14.6 Å². The Morgan fingerprint density at radius 3 is 2.47 bits per heavy atom. The predicted octanol–water partition coefficient (Wildman–Crippen LogP) is 2.83. The van der Waals surface area contributed by atoms with E-state index < -0.39 is 17.9 Å². The number of carbonyl (C=O) groups excluding carboxylic acids is 3. The second-order valence-corrected chi connectivity index (χ2v) is 11.0. The second kappa shape index (κ2) is 13.4. The van der Waals surface area contributed by atoms with Crippen molar-refractivity contribution in [3.63, 3.8) is 0 Å². The predicted molar refractivity (Wildman–Crippen MR) is 147 cm³/mol. The number of ether oxygens (including phenoxy) is 1. The number of nitrogens with zero attached hydrogens (tertiary/aromatic N) is 3. The molecule has 1 saturated carbocycles. The summed E-state index contributed by atoms with van der Waals surface area (Å²) in [5, 5.41) is 3.72. The average molecular weight is 563 g/mol. The molecule has 5 N–H and O–H groups in total. The molecule has 1 aromatic carbocycles. The molecule has 10 nitrogen and oxygen atoms in total. The Hall–Kier alpha value is -2.73. The zero-order valence-electron chi connectivity index (χ0n) is 21.4. The van der Waals surface area contributed by atoms with Crippen molar-refractivity contribution in [2.75, 3.05) is 45.1 Å². The van der Waals surface area contributed by atoms with E-state index in [1.165, 1.54) is 4.90 Å². The molecule has 0 radical (unpaired) electrons. The first kappa shape index (κ1) is 28.3. The summed E-state index contributed by atoms with van der Waals surface area (Å²) in [7, 11) is 0. The zero-order valence-corrected chi connectivity index (χ0v) is 22.9. The van der Waals surface area contributed by atoms with Gasteiger partial charge in [-0.2, -0.15) is 4.37 Å². The number of anilines is 1. The van der Waals surface area contributed by atoms with Gasteiger partial charge in [-0.15, -0.1) is 0 Å². The summed E-state index contributed by atoms with van der Waals surface area (Å²) in [4.78, 5) is 43.5. The van der Waals surface area contributed by atoms with E-state index in [-0.39, 0.29) is 28.2 Å². The van der Waals surface area contributed by atoms with Gasteiger partial charge in [-0.05, 0) is 48.5 Å². The normalized spacial score (nSPS) is 17.6. The van der Waals surface area contributed by atoms with Crippen LogP contribution in [-0.4, -0.2) is 77.3 Å². The number of rotatable bonds is 10. The molecule has 206 valence electrons. The van der Waals surface area contributed by atoms with Gasteiger partial charge in [-0.3, -0.25) is 19.3 Å². The van der Waals surface area contributed by atoms with E-state index in [4.69, 9.17) is 27.8 Å². The van der Waals surface area contributed by atoms with Crippen LogP contribution < -0.4 is 16.8 Å². The quantitative estimate of drug-likeness (QED) is 0.404. The third kappa shape index (κ3) is 7.02. The van der Waals surface area contributed by atoms with Crippen molar-refractivity contribution in [3.8, 4) is 0 Å². The fourth-order valence-electron chi connectivity index (χ4n) is 5.04. The van der Waals surface area contributed by atoms with Gasteiger partial charge in [0.05, 0.1) is 18.9 Å². The average Bonchev–Trinajstić information content (AvgIpc) is 3.31. The molecule has 1 aromatic heterocycles. The van der Waals surface area contributed by atoms with Crippen molar-refractivity contribution in [2.45, 2.75) is 50.6 Å². The standard InChI is InChI=1S/C26H35ClN6O4S/c27-18-9-7-17(8-10-18)22(25(35)30-19-5-2-1-3-6-19)33(12-4-11-32-13-15-37-16-14-32)26(36)23-20(28)21(24(29)34)31-38-23/h7-10,19,22H,1-6,11-16,28H2,(H2,29,34)(H,30,35)/t22-/m1/s1. The summed E-state index contributed by atoms with van der Waals surface area (Å²) in [5.41, 5.74) is 12.0. The van der Waals surface area contributed by atoms with Gasteiger partial charge in [-0.1, -0.05) is 43.0 Å². The molecular weight excluding hydrogens is 528 g/mol. The number of nitrogens with two attached hydrogens (primary N) is 2. The Labute approximate surface area is 231 Å². The van der Waals surface area contributed by atoms with E-state index >= 15 is 0 Å². The minimum Gasteiger partial charge on any atom is -0.395 e. The van der Waals surface area contributed by atoms with Crippen LogP contribution in [0.3, 0.4) is 0 Å². The lowest BCUT2D eigenvalue weighted by Gasteiger charge is -2.34. The number of carbonyl (C=O) groups is 3. The molecule has 38 heavy (non-hydrogen) atoms. The van der Waals surface area contributed by atoms with Crippen molar-refractivity contribution in [1.82, 2.24) is 19.5 Å². The SMILES string of the molecule is NC(=O)c1nsc(C(=O)N(CCCN2CCOCC2)[C@@H](C(=O)NC2CCCCC2)c2ccc(Cl)cc2)c1N. The number of nitrogen functional groups attached to an aromatic ring is 1. The van der Waals surface area contributed by atoms with Crippen LogP contribution in [0.2, 0.25) is 5.02 Å².